The molecule has 0 saturated heterocycles. The molecule has 1 rings (SSSR count). The van der Waals surface area contributed by atoms with Crippen molar-refractivity contribution in [1.29, 1.82) is 0 Å². The van der Waals surface area contributed by atoms with Gasteiger partial charge in [0.2, 0.25) is 0 Å². The number of nitrogens with two attached hydrogens (primary N) is 1. The SMILES string of the molecule is C[C@@H](N)Cc1cc(NC(=O)OC(C)(C)C)ccc1F. The summed E-state index contributed by atoms with van der Waals surface area (Å²) >= 11 is 0. The summed E-state index contributed by atoms with van der Waals surface area (Å²) in [6, 6.07) is 4.23. The standard InChI is InChI=1S/C14H21FN2O2/c1-9(16)7-10-8-11(5-6-12(10)15)17-13(18)19-14(2,3)4/h5-6,8-9H,7,16H2,1-4H3,(H,17,18)/t9-/m1/s1. The second-order valence-corrected chi connectivity index (χ2v) is 5.61. The maximum Gasteiger partial charge on any atom is 0.412 e. The normalized spacial score (nSPS) is 12.9. The lowest BCUT2D eigenvalue weighted by Gasteiger charge is -2.20. The van der Waals surface area contributed by atoms with Crippen molar-refractivity contribution in [2.45, 2.75) is 45.8 Å². The largest absolute Gasteiger partial charge is 0.444 e. The van der Waals surface area contributed by atoms with Crippen LogP contribution in [-0.2, 0) is 11.2 Å². The summed E-state index contributed by atoms with van der Waals surface area (Å²) in [6.07, 6.45) is -0.152. The summed E-state index contributed by atoms with van der Waals surface area (Å²) in [6.45, 7) is 7.13. The molecule has 106 valence electrons. The summed E-state index contributed by atoms with van der Waals surface area (Å²) in [4.78, 5) is 11.6. The number of rotatable bonds is 3. The van der Waals surface area contributed by atoms with Crippen molar-refractivity contribution in [2.24, 2.45) is 5.73 Å². The lowest BCUT2D eigenvalue weighted by molar-refractivity contribution is 0.0636. The van der Waals surface area contributed by atoms with Crippen LogP contribution in [0.15, 0.2) is 18.2 Å². The van der Waals surface area contributed by atoms with Crippen molar-refractivity contribution in [3.63, 3.8) is 0 Å². The lowest BCUT2D eigenvalue weighted by Crippen LogP contribution is -2.27. The molecule has 0 fully saturated rings. The summed E-state index contributed by atoms with van der Waals surface area (Å²) in [5.74, 6) is -0.327. The van der Waals surface area contributed by atoms with Crippen molar-refractivity contribution >= 4 is 11.8 Å². The smallest absolute Gasteiger partial charge is 0.412 e. The minimum atomic E-state index is -0.571. The average Bonchev–Trinajstić information content (AvgIpc) is 2.19. The molecule has 0 aliphatic carbocycles. The number of nitrogens with one attached hydrogen (secondary N) is 1. The van der Waals surface area contributed by atoms with Gasteiger partial charge in [0.15, 0.2) is 0 Å². The Bertz CT molecular complexity index is 453. The van der Waals surface area contributed by atoms with Crippen LogP contribution in [-0.4, -0.2) is 17.7 Å². The van der Waals surface area contributed by atoms with Crippen LogP contribution in [0.5, 0.6) is 0 Å². The van der Waals surface area contributed by atoms with Crippen LogP contribution in [0.1, 0.15) is 33.3 Å². The number of hydrogen-bond acceptors (Lipinski definition) is 3. The molecule has 3 N–H and O–H groups in total. The van der Waals surface area contributed by atoms with Gasteiger partial charge >= 0.3 is 6.09 Å². The van der Waals surface area contributed by atoms with Crippen LogP contribution in [0.3, 0.4) is 0 Å². The highest BCUT2D eigenvalue weighted by Gasteiger charge is 2.16. The molecule has 0 heterocycles. The molecule has 0 aromatic heterocycles. The third kappa shape index (κ3) is 5.70. The zero-order chi connectivity index (χ0) is 14.6. The van der Waals surface area contributed by atoms with Crippen LogP contribution in [0.2, 0.25) is 0 Å². The Morgan fingerprint density at radius 2 is 2.11 bits per heavy atom. The van der Waals surface area contributed by atoms with Gasteiger partial charge in [0, 0.05) is 11.7 Å². The Labute approximate surface area is 113 Å². The van der Waals surface area contributed by atoms with Crippen LogP contribution in [0.25, 0.3) is 0 Å². The second kappa shape index (κ2) is 6.02. The zero-order valence-electron chi connectivity index (χ0n) is 11.8. The Hall–Kier alpha value is -1.62. The molecule has 0 bridgehead atoms. The fourth-order valence-corrected chi connectivity index (χ4v) is 1.58. The molecule has 5 heteroatoms. The van der Waals surface area contributed by atoms with E-state index in [1.807, 2.05) is 0 Å². The Morgan fingerprint density at radius 1 is 1.47 bits per heavy atom. The van der Waals surface area contributed by atoms with Gasteiger partial charge in [-0.05, 0) is 57.9 Å². The summed E-state index contributed by atoms with van der Waals surface area (Å²) in [7, 11) is 0. The number of benzene rings is 1. The number of anilines is 1. The molecule has 1 aromatic carbocycles. The van der Waals surface area contributed by atoms with E-state index >= 15 is 0 Å². The number of halogens is 1. The monoisotopic (exact) mass is 268 g/mol. The van der Waals surface area contributed by atoms with E-state index in [4.69, 9.17) is 10.5 Å². The molecule has 0 aliphatic rings. The zero-order valence-corrected chi connectivity index (χ0v) is 11.8. The third-order valence-corrected chi connectivity index (χ3v) is 2.23. The first-order valence-electron chi connectivity index (χ1n) is 6.21. The number of amides is 1. The fourth-order valence-electron chi connectivity index (χ4n) is 1.58. The molecule has 0 saturated carbocycles. The maximum atomic E-state index is 13.5. The van der Waals surface area contributed by atoms with Gasteiger partial charge in [-0.3, -0.25) is 5.32 Å². The van der Waals surface area contributed by atoms with Gasteiger partial charge in [0.05, 0.1) is 0 Å². The van der Waals surface area contributed by atoms with Gasteiger partial charge in [-0.15, -0.1) is 0 Å². The molecule has 4 nitrogen and oxygen atoms in total. The van der Waals surface area contributed by atoms with E-state index in [2.05, 4.69) is 5.32 Å². The molecule has 19 heavy (non-hydrogen) atoms. The quantitative estimate of drug-likeness (QED) is 0.885. The van der Waals surface area contributed by atoms with Crippen LogP contribution in [0.4, 0.5) is 14.9 Å². The van der Waals surface area contributed by atoms with E-state index in [1.165, 1.54) is 12.1 Å². The maximum absolute atomic E-state index is 13.5. The van der Waals surface area contributed by atoms with Crippen molar-refractivity contribution < 1.29 is 13.9 Å². The molecule has 1 amide bonds. The minimum absolute atomic E-state index is 0.147. The van der Waals surface area contributed by atoms with E-state index in [0.717, 1.165) is 0 Å². The van der Waals surface area contributed by atoms with Gasteiger partial charge < -0.3 is 10.5 Å². The minimum Gasteiger partial charge on any atom is -0.444 e. The van der Waals surface area contributed by atoms with E-state index in [0.29, 0.717) is 17.7 Å². The summed E-state index contributed by atoms with van der Waals surface area (Å²) < 4.78 is 18.7. The van der Waals surface area contributed by atoms with E-state index in [-0.39, 0.29) is 11.9 Å². The van der Waals surface area contributed by atoms with Crippen LogP contribution in [0, 0.1) is 5.82 Å². The third-order valence-electron chi connectivity index (χ3n) is 2.23. The second-order valence-electron chi connectivity index (χ2n) is 5.61. The highest BCUT2D eigenvalue weighted by Crippen LogP contribution is 2.17. The summed E-state index contributed by atoms with van der Waals surface area (Å²) in [5.41, 5.74) is 6.05. The fraction of sp³-hybridized carbons (Fsp3) is 0.500. The van der Waals surface area contributed by atoms with E-state index < -0.39 is 11.7 Å². The molecule has 0 unspecified atom stereocenters. The van der Waals surface area contributed by atoms with Gasteiger partial charge in [-0.25, -0.2) is 9.18 Å². The predicted molar refractivity (Wildman–Crippen MR) is 73.6 cm³/mol. The van der Waals surface area contributed by atoms with Gasteiger partial charge in [-0.1, -0.05) is 0 Å². The van der Waals surface area contributed by atoms with Gasteiger partial charge in [0.1, 0.15) is 11.4 Å². The highest BCUT2D eigenvalue weighted by atomic mass is 19.1. The molecule has 0 aliphatic heterocycles. The molecular weight excluding hydrogens is 247 g/mol. The van der Waals surface area contributed by atoms with Crippen molar-refractivity contribution in [3.8, 4) is 0 Å². The highest BCUT2D eigenvalue weighted by molar-refractivity contribution is 5.84. The van der Waals surface area contributed by atoms with Gasteiger partial charge in [0.25, 0.3) is 0 Å². The first-order valence-corrected chi connectivity index (χ1v) is 6.21. The Kier molecular flexibility index (Phi) is 4.89. The number of carbonyl (C=O) groups excluding carboxylic acids is 1. The first kappa shape index (κ1) is 15.4. The molecular formula is C14H21FN2O2. The molecule has 0 radical (unpaired) electrons. The van der Waals surface area contributed by atoms with Crippen molar-refractivity contribution in [3.05, 3.63) is 29.6 Å². The molecule has 0 spiro atoms. The number of ether oxygens (including phenoxy) is 1. The Morgan fingerprint density at radius 3 is 2.63 bits per heavy atom. The number of carbonyl (C=O) groups is 1. The summed E-state index contributed by atoms with van der Waals surface area (Å²) in [5, 5.41) is 2.57. The number of hydrogen-bond donors (Lipinski definition) is 2. The van der Waals surface area contributed by atoms with Crippen molar-refractivity contribution in [2.75, 3.05) is 5.32 Å². The first-order chi connectivity index (χ1) is 8.67. The van der Waals surface area contributed by atoms with Crippen LogP contribution < -0.4 is 11.1 Å². The topological polar surface area (TPSA) is 64.3 Å². The average molecular weight is 268 g/mol. The van der Waals surface area contributed by atoms with E-state index in [9.17, 15) is 9.18 Å². The van der Waals surface area contributed by atoms with Gasteiger partial charge in [-0.2, -0.15) is 0 Å². The van der Waals surface area contributed by atoms with Crippen molar-refractivity contribution in [1.82, 2.24) is 0 Å². The Balaban J connectivity index is 2.77. The molecule has 1 atom stereocenters. The molecule has 1 aromatic rings. The predicted octanol–water partition coefficient (Wildman–Crippen LogP) is 3.06. The lowest BCUT2D eigenvalue weighted by atomic mass is 10.1. The van der Waals surface area contributed by atoms with Crippen LogP contribution >= 0.6 is 0 Å². The van der Waals surface area contributed by atoms with E-state index in [1.54, 1.807) is 33.8 Å².